The van der Waals surface area contributed by atoms with Crippen LogP contribution in [0.15, 0.2) is 30.6 Å². The lowest BCUT2D eigenvalue weighted by Gasteiger charge is -2.29. The molecule has 0 bridgehead atoms. The van der Waals surface area contributed by atoms with Crippen LogP contribution in [0.2, 0.25) is 0 Å². The van der Waals surface area contributed by atoms with Crippen molar-refractivity contribution in [2.24, 2.45) is 0 Å². The molecule has 0 unspecified atom stereocenters. The molecule has 3 rings (SSSR count). The maximum absolute atomic E-state index is 13.0. The van der Waals surface area contributed by atoms with Gasteiger partial charge in [-0.25, -0.2) is 14.8 Å². The Hall–Kier alpha value is -3.08. The molecule has 11 heteroatoms. The summed E-state index contributed by atoms with van der Waals surface area (Å²) < 4.78 is 45.0. The molecule has 1 aromatic heterocycles. The number of aromatic nitrogens is 2. The first kappa shape index (κ1) is 23.6. The van der Waals surface area contributed by atoms with Gasteiger partial charge in [0.2, 0.25) is 5.88 Å². The van der Waals surface area contributed by atoms with Crippen molar-refractivity contribution in [2.75, 3.05) is 23.8 Å². The first-order chi connectivity index (χ1) is 15.2. The summed E-state index contributed by atoms with van der Waals surface area (Å²) in [5.41, 5.74) is -0.582. The molecule has 1 fully saturated rings. The van der Waals surface area contributed by atoms with Crippen molar-refractivity contribution in [3.63, 3.8) is 0 Å². The van der Waals surface area contributed by atoms with Crippen molar-refractivity contribution in [3.05, 3.63) is 41.7 Å². The number of hydrogen-bond acceptors (Lipinski definition) is 6. The average Bonchev–Trinajstić information content (AvgIpc) is 2.74. The van der Waals surface area contributed by atoms with Gasteiger partial charge in [0, 0.05) is 24.3 Å². The van der Waals surface area contributed by atoms with Gasteiger partial charge in [0.25, 0.3) is 0 Å². The molecule has 2 aromatic rings. The van der Waals surface area contributed by atoms with Gasteiger partial charge in [-0.2, -0.15) is 13.2 Å². The Morgan fingerprint density at radius 1 is 1.19 bits per heavy atom. The van der Waals surface area contributed by atoms with Crippen LogP contribution in [0.5, 0.6) is 5.88 Å². The summed E-state index contributed by atoms with van der Waals surface area (Å²) in [4.78, 5) is 20.4. The van der Waals surface area contributed by atoms with Gasteiger partial charge in [0.15, 0.2) is 0 Å². The van der Waals surface area contributed by atoms with E-state index in [1.54, 1.807) is 6.07 Å². The Morgan fingerprint density at radius 3 is 2.62 bits per heavy atom. The minimum Gasteiger partial charge on any atom is -0.474 e. The third-order valence-corrected chi connectivity index (χ3v) is 5.16. The van der Waals surface area contributed by atoms with Gasteiger partial charge in [-0.15, -0.1) is 0 Å². The van der Waals surface area contributed by atoms with E-state index in [9.17, 15) is 18.0 Å². The number of rotatable bonds is 7. The first-order valence-corrected chi connectivity index (χ1v) is 10.3. The van der Waals surface area contributed by atoms with Gasteiger partial charge in [-0.3, -0.25) is 0 Å². The van der Waals surface area contributed by atoms with Crippen LogP contribution >= 0.6 is 0 Å². The van der Waals surface area contributed by atoms with E-state index in [0.717, 1.165) is 6.07 Å². The van der Waals surface area contributed by atoms with E-state index in [1.165, 1.54) is 25.4 Å². The van der Waals surface area contributed by atoms with E-state index < -0.39 is 17.8 Å². The number of aliphatic hydroxyl groups excluding tert-OH is 1. The summed E-state index contributed by atoms with van der Waals surface area (Å²) in [6.45, 7) is 1.73. The number of carbonyl (C=O) groups excluding carboxylic acids is 1. The summed E-state index contributed by atoms with van der Waals surface area (Å²) in [6, 6.07) is 4.73. The van der Waals surface area contributed by atoms with Crippen molar-refractivity contribution < 1.29 is 27.8 Å². The molecule has 0 atom stereocenters. The molecule has 1 aromatic carbocycles. The van der Waals surface area contributed by atoms with Crippen LogP contribution in [0.4, 0.5) is 29.5 Å². The normalized spacial score (nSPS) is 18.7. The number of nitrogens with zero attached hydrogens (tertiary/aromatic N) is 2. The summed E-state index contributed by atoms with van der Waals surface area (Å²) in [5, 5.41) is 17.1. The Labute approximate surface area is 183 Å². The molecule has 1 aliphatic carbocycles. The summed E-state index contributed by atoms with van der Waals surface area (Å²) in [7, 11) is 0. The fourth-order valence-corrected chi connectivity index (χ4v) is 3.54. The fraction of sp³-hybridized carbons (Fsp3) is 0.476. The van der Waals surface area contributed by atoms with Gasteiger partial charge in [0.05, 0.1) is 12.2 Å². The molecule has 2 amide bonds. The molecule has 32 heavy (non-hydrogen) atoms. The van der Waals surface area contributed by atoms with Crippen LogP contribution in [-0.4, -0.2) is 46.4 Å². The lowest BCUT2D eigenvalue weighted by atomic mass is 9.93. The Kier molecular flexibility index (Phi) is 7.73. The number of urea groups is 1. The van der Waals surface area contributed by atoms with Crippen LogP contribution in [0.3, 0.4) is 0 Å². The predicted molar refractivity (Wildman–Crippen MR) is 113 cm³/mol. The lowest BCUT2D eigenvalue weighted by molar-refractivity contribution is -0.138. The Morgan fingerprint density at radius 2 is 1.94 bits per heavy atom. The number of alkyl halides is 3. The number of aliphatic hydroxyl groups is 1. The molecule has 1 aliphatic rings. The molecular formula is C21H26F3N5O3. The molecular weight excluding hydrogens is 427 g/mol. The molecule has 174 valence electrons. The van der Waals surface area contributed by atoms with E-state index in [2.05, 4.69) is 25.9 Å². The maximum Gasteiger partial charge on any atom is 0.416 e. The Bertz CT molecular complexity index is 918. The van der Waals surface area contributed by atoms with Crippen molar-refractivity contribution in [3.8, 4) is 5.88 Å². The maximum atomic E-state index is 13.0. The van der Waals surface area contributed by atoms with Crippen molar-refractivity contribution in [2.45, 2.75) is 50.9 Å². The van der Waals surface area contributed by atoms with Crippen molar-refractivity contribution in [1.82, 2.24) is 15.3 Å². The lowest BCUT2D eigenvalue weighted by Crippen LogP contribution is -2.41. The second-order valence-electron chi connectivity index (χ2n) is 7.61. The number of halogens is 3. The number of amides is 2. The second kappa shape index (κ2) is 10.5. The molecule has 0 spiro atoms. The summed E-state index contributed by atoms with van der Waals surface area (Å²) in [6.07, 6.45) is -0.448. The first-order valence-electron chi connectivity index (χ1n) is 10.3. The van der Waals surface area contributed by atoms with Gasteiger partial charge in [-0.1, -0.05) is 6.07 Å². The number of benzene rings is 1. The van der Waals surface area contributed by atoms with Crippen molar-refractivity contribution >= 4 is 17.5 Å². The highest BCUT2D eigenvalue weighted by Gasteiger charge is 2.32. The van der Waals surface area contributed by atoms with Crippen LogP contribution in [-0.2, 0) is 6.18 Å². The highest BCUT2D eigenvalue weighted by atomic mass is 19.4. The minimum atomic E-state index is -4.48. The topological polar surface area (TPSA) is 108 Å². The van der Waals surface area contributed by atoms with Crippen molar-refractivity contribution in [1.29, 1.82) is 0 Å². The molecule has 8 nitrogen and oxygen atoms in total. The largest absolute Gasteiger partial charge is 0.474 e. The molecule has 0 saturated heterocycles. The van der Waals surface area contributed by atoms with Gasteiger partial charge >= 0.3 is 12.2 Å². The highest BCUT2D eigenvalue weighted by molar-refractivity contribution is 5.89. The number of carbonyl (C=O) groups is 1. The number of anilines is 2. The molecule has 1 heterocycles. The van der Waals surface area contributed by atoms with E-state index in [-0.39, 0.29) is 30.0 Å². The number of aryl methyl sites for hydroxylation is 1. The zero-order valence-corrected chi connectivity index (χ0v) is 17.6. The molecule has 1 saturated carbocycles. The van der Waals surface area contributed by atoms with Crippen LogP contribution in [0.1, 0.15) is 36.8 Å². The smallest absolute Gasteiger partial charge is 0.416 e. The average molecular weight is 453 g/mol. The van der Waals surface area contributed by atoms with E-state index >= 15 is 0 Å². The zero-order valence-electron chi connectivity index (χ0n) is 17.6. The van der Waals surface area contributed by atoms with Crippen LogP contribution < -0.4 is 20.7 Å². The van der Waals surface area contributed by atoms with Crippen LogP contribution in [0.25, 0.3) is 0 Å². The third-order valence-electron chi connectivity index (χ3n) is 5.16. The van der Waals surface area contributed by atoms with E-state index in [4.69, 9.17) is 9.84 Å². The Balaban J connectivity index is 1.46. The standard InChI is InChI=1S/C21H26F3N5O3/c1-13-2-3-15(10-17(13)21(22,23)24)29-20(31)28-14-4-6-16(7-5-14)32-19-11-18(25-8-9-30)26-12-27-19/h2-3,10-12,14,16,30H,4-9H2,1H3,(H,25,26,27)(H2,28,29,31). The number of nitrogens with one attached hydrogen (secondary N) is 3. The van der Waals surface area contributed by atoms with Gasteiger partial charge in [0.1, 0.15) is 18.2 Å². The minimum absolute atomic E-state index is 0.0157. The number of hydrogen-bond donors (Lipinski definition) is 4. The second-order valence-corrected chi connectivity index (χ2v) is 7.61. The summed E-state index contributed by atoms with van der Waals surface area (Å²) >= 11 is 0. The highest BCUT2D eigenvalue weighted by Crippen LogP contribution is 2.33. The van der Waals surface area contributed by atoms with E-state index in [1.807, 2.05) is 0 Å². The zero-order chi connectivity index (χ0) is 23.1. The summed E-state index contributed by atoms with van der Waals surface area (Å²) in [5.74, 6) is 0.982. The number of ether oxygens (including phenoxy) is 1. The van der Waals surface area contributed by atoms with Crippen LogP contribution in [0, 0.1) is 6.92 Å². The molecule has 0 radical (unpaired) electrons. The monoisotopic (exact) mass is 453 g/mol. The van der Waals surface area contributed by atoms with Gasteiger partial charge < -0.3 is 25.8 Å². The quantitative estimate of drug-likeness (QED) is 0.509. The van der Waals surface area contributed by atoms with Gasteiger partial charge in [-0.05, 0) is 50.3 Å². The SMILES string of the molecule is Cc1ccc(NC(=O)NC2CCC(Oc3cc(NCCO)ncn3)CC2)cc1C(F)(F)F. The van der Waals surface area contributed by atoms with E-state index in [0.29, 0.717) is 43.9 Å². The molecule has 4 N–H and O–H groups in total. The molecule has 0 aliphatic heterocycles. The predicted octanol–water partition coefficient (Wildman–Crippen LogP) is 3.72. The third kappa shape index (κ3) is 6.71. The fourth-order valence-electron chi connectivity index (χ4n) is 3.54.